The number of methoxy groups -OCH3 is 1. The maximum absolute atomic E-state index is 13.7. The van der Waals surface area contributed by atoms with E-state index in [2.05, 4.69) is 0 Å². The number of ether oxygens (including phenoxy) is 1. The molecular weight excluding hydrogens is 249 g/mol. The van der Waals surface area contributed by atoms with Crippen LogP contribution in [-0.2, 0) is 4.74 Å². The van der Waals surface area contributed by atoms with E-state index >= 15 is 0 Å². The molecule has 1 unspecified atom stereocenters. The van der Waals surface area contributed by atoms with E-state index in [1.807, 2.05) is 11.8 Å². The number of carboxylic acid groups (broad SMARTS) is 1. The third kappa shape index (κ3) is 2.87. The molecule has 1 heterocycles. The lowest BCUT2D eigenvalue weighted by Crippen LogP contribution is -2.47. The van der Waals surface area contributed by atoms with E-state index in [4.69, 9.17) is 9.84 Å². The van der Waals surface area contributed by atoms with Gasteiger partial charge in [-0.2, -0.15) is 0 Å². The molecule has 1 saturated heterocycles. The van der Waals surface area contributed by atoms with Crippen LogP contribution in [-0.4, -0.2) is 36.9 Å². The molecule has 0 radical (unpaired) electrons. The fourth-order valence-corrected chi connectivity index (χ4v) is 2.47. The fraction of sp³-hybridized carbons (Fsp3) is 0.500. The van der Waals surface area contributed by atoms with Crippen molar-refractivity contribution >= 4 is 11.7 Å². The van der Waals surface area contributed by atoms with Gasteiger partial charge in [0, 0.05) is 25.9 Å². The molecule has 0 spiro atoms. The standard InChI is InChI=1S/C14H18FNO3/c1-14(19-2)6-3-7-16(9-14)10-4-5-11(13(17)18)12(15)8-10/h4-5,8H,3,6-7,9H2,1-2H3,(H,17,18). The zero-order valence-corrected chi connectivity index (χ0v) is 11.1. The number of hydrogen-bond acceptors (Lipinski definition) is 3. The van der Waals surface area contributed by atoms with Crippen LogP contribution < -0.4 is 4.90 Å². The zero-order chi connectivity index (χ0) is 14.0. The lowest BCUT2D eigenvalue weighted by atomic mass is 9.94. The summed E-state index contributed by atoms with van der Waals surface area (Å²) in [5.74, 6) is -1.95. The Labute approximate surface area is 111 Å². The molecule has 1 N–H and O–H groups in total. The predicted octanol–water partition coefficient (Wildman–Crippen LogP) is 2.53. The first-order valence-corrected chi connectivity index (χ1v) is 6.28. The molecule has 1 aromatic carbocycles. The van der Waals surface area contributed by atoms with Gasteiger partial charge in [-0.05, 0) is 38.0 Å². The summed E-state index contributed by atoms with van der Waals surface area (Å²) in [6.07, 6.45) is 1.93. The van der Waals surface area contributed by atoms with Crippen molar-refractivity contribution in [3.63, 3.8) is 0 Å². The molecule has 19 heavy (non-hydrogen) atoms. The van der Waals surface area contributed by atoms with Crippen molar-refractivity contribution < 1.29 is 19.0 Å². The van der Waals surface area contributed by atoms with Crippen molar-refractivity contribution in [2.75, 3.05) is 25.1 Å². The molecule has 0 aliphatic carbocycles. The van der Waals surface area contributed by atoms with E-state index in [0.29, 0.717) is 12.2 Å². The first-order valence-electron chi connectivity index (χ1n) is 6.28. The van der Waals surface area contributed by atoms with E-state index in [1.165, 1.54) is 12.1 Å². The number of anilines is 1. The third-order valence-corrected chi connectivity index (χ3v) is 3.70. The Bertz CT molecular complexity index is 492. The van der Waals surface area contributed by atoms with Gasteiger partial charge in [-0.1, -0.05) is 0 Å². The van der Waals surface area contributed by atoms with Gasteiger partial charge in [0.1, 0.15) is 5.82 Å². The molecule has 5 heteroatoms. The summed E-state index contributed by atoms with van der Waals surface area (Å²) in [7, 11) is 1.68. The number of aromatic carboxylic acids is 1. The van der Waals surface area contributed by atoms with Gasteiger partial charge in [0.15, 0.2) is 0 Å². The van der Waals surface area contributed by atoms with E-state index < -0.39 is 11.8 Å². The van der Waals surface area contributed by atoms with Crippen LogP contribution in [0.25, 0.3) is 0 Å². The Kier molecular flexibility index (Phi) is 3.75. The van der Waals surface area contributed by atoms with Crippen LogP contribution >= 0.6 is 0 Å². The second-order valence-electron chi connectivity index (χ2n) is 5.15. The van der Waals surface area contributed by atoms with Crippen LogP contribution in [0.15, 0.2) is 18.2 Å². The smallest absolute Gasteiger partial charge is 0.338 e. The monoisotopic (exact) mass is 267 g/mol. The molecule has 104 valence electrons. The SMILES string of the molecule is COC1(C)CCCN(c2ccc(C(=O)O)c(F)c2)C1. The minimum absolute atomic E-state index is 0.236. The molecule has 4 nitrogen and oxygen atoms in total. The number of halogens is 1. The quantitative estimate of drug-likeness (QED) is 0.914. The number of hydrogen-bond donors (Lipinski definition) is 1. The average molecular weight is 267 g/mol. The summed E-state index contributed by atoms with van der Waals surface area (Å²) in [4.78, 5) is 12.8. The Hall–Kier alpha value is -1.62. The van der Waals surface area contributed by atoms with E-state index in [1.54, 1.807) is 13.2 Å². The van der Waals surface area contributed by atoms with E-state index in [0.717, 1.165) is 19.4 Å². The molecule has 0 amide bonds. The normalized spacial score (nSPS) is 23.4. The van der Waals surface area contributed by atoms with Gasteiger partial charge in [-0.25, -0.2) is 9.18 Å². The second kappa shape index (κ2) is 5.17. The highest BCUT2D eigenvalue weighted by Crippen LogP contribution is 2.28. The minimum Gasteiger partial charge on any atom is -0.478 e. The predicted molar refractivity (Wildman–Crippen MR) is 70.2 cm³/mol. The lowest BCUT2D eigenvalue weighted by Gasteiger charge is -2.40. The number of carboxylic acids is 1. The van der Waals surface area contributed by atoms with Gasteiger partial charge in [-0.3, -0.25) is 0 Å². The van der Waals surface area contributed by atoms with Crippen LogP contribution in [0.5, 0.6) is 0 Å². The van der Waals surface area contributed by atoms with Crippen molar-refractivity contribution in [3.8, 4) is 0 Å². The lowest BCUT2D eigenvalue weighted by molar-refractivity contribution is -0.00467. The second-order valence-corrected chi connectivity index (χ2v) is 5.15. The maximum atomic E-state index is 13.7. The molecule has 0 saturated carbocycles. The van der Waals surface area contributed by atoms with Crippen molar-refractivity contribution in [1.29, 1.82) is 0 Å². The molecule has 0 aromatic heterocycles. The summed E-state index contributed by atoms with van der Waals surface area (Å²) < 4.78 is 19.2. The van der Waals surface area contributed by atoms with Crippen LogP contribution in [0.2, 0.25) is 0 Å². The summed E-state index contributed by atoms with van der Waals surface area (Å²) in [5.41, 5.74) is 0.168. The number of rotatable bonds is 3. The summed E-state index contributed by atoms with van der Waals surface area (Å²) in [5, 5.41) is 8.81. The summed E-state index contributed by atoms with van der Waals surface area (Å²) in [6.45, 7) is 3.53. The zero-order valence-electron chi connectivity index (χ0n) is 11.1. The van der Waals surface area contributed by atoms with Crippen molar-refractivity contribution in [3.05, 3.63) is 29.6 Å². The van der Waals surface area contributed by atoms with Crippen molar-refractivity contribution in [1.82, 2.24) is 0 Å². The van der Waals surface area contributed by atoms with E-state index in [9.17, 15) is 9.18 Å². The summed E-state index contributed by atoms with van der Waals surface area (Å²) in [6, 6.07) is 4.24. The Balaban J connectivity index is 2.23. The number of benzene rings is 1. The van der Waals surface area contributed by atoms with Gasteiger partial charge < -0.3 is 14.7 Å². The van der Waals surface area contributed by atoms with Crippen LogP contribution in [0.3, 0.4) is 0 Å². The van der Waals surface area contributed by atoms with Gasteiger partial charge in [0.25, 0.3) is 0 Å². The Morgan fingerprint density at radius 2 is 2.26 bits per heavy atom. The van der Waals surface area contributed by atoms with Gasteiger partial charge in [0.2, 0.25) is 0 Å². The largest absolute Gasteiger partial charge is 0.478 e. The van der Waals surface area contributed by atoms with Crippen LogP contribution in [0.1, 0.15) is 30.1 Å². The summed E-state index contributed by atoms with van der Waals surface area (Å²) >= 11 is 0. The average Bonchev–Trinajstić information content (AvgIpc) is 2.38. The fourth-order valence-electron chi connectivity index (χ4n) is 2.47. The Morgan fingerprint density at radius 3 is 2.84 bits per heavy atom. The van der Waals surface area contributed by atoms with Crippen LogP contribution in [0, 0.1) is 5.82 Å². The first kappa shape index (κ1) is 13.8. The molecule has 1 aromatic rings. The molecular formula is C14H18FNO3. The third-order valence-electron chi connectivity index (χ3n) is 3.70. The molecule has 1 atom stereocenters. The first-order chi connectivity index (χ1) is 8.95. The number of nitrogens with zero attached hydrogens (tertiary/aromatic N) is 1. The maximum Gasteiger partial charge on any atom is 0.338 e. The molecule has 2 rings (SSSR count). The van der Waals surface area contributed by atoms with Gasteiger partial charge in [0.05, 0.1) is 11.2 Å². The Morgan fingerprint density at radius 1 is 1.53 bits per heavy atom. The van der Waals surface area contributed by atoms with Crippen molar-refractivity contribution in [2.24, 2.45) is 0 Å². The number of piperidine rings is 1. The minimum atomic E-state index is -1.25. The highest BCUT2D eigenvalue weighted by molar-refractivity contribution is 5.88. The number of carbonyl (C=O) groups is 1. The van der Waals surface area contributed by atoms with Gasteiger partial charge >= 0.3 is 5.97 Å². The molecule has 1 aliphatic heterocycles. The van der Waals surface area contributed by atoms with Crippen molar-refractivity contribution in [2.45, 2.75) is 25.4 Å². The molecule has 1 fully saturated rings. The van der Waals surface area contributed by atoms with E-state index in [-0.39, 0.29) is 11.2 Å². The highest BCUT2D eigenvalue weighted by Gasteiger charge is 2.31. The highest BCUT2D eigenvalue weighted by atomic mass is 19.1. The molecule has 0 bridgehead atoms. The topological polar surface area (TPSA) is 49.8 Å². The van der Waals surface area contributed by atoms with Gasteiger partial charge in [-0.15, -0.1) is 0 Å². The van der Waals surface area contributed by atoms with Crippen LogP contribution in [0.4, 0.5) is 10.1 Å². The molecule has 1 aliphatic rings.